The van der Waals surface area contributed by atoms with Gasteiger partial charge in [0.05, 0.1) is 27.0 Å². The molecule has 0 amide bonds. The predicted octanol–water partition coefficient (Wildman–Crippen LogP) is 2.87. The van der Waals surface area contributed by atoms with Gasteiger partial charge in [-0.1, -0.05) is 30.3 Å². The summed E-state index contributed by atoms with van der Waals surface area (Å²) in [6, 6.07) is 14.6. The summed E-state index contributed by atoms with van der Waals surface area (Å²) in [4.78, 5) is 6.62. The van der Waals surface area contributed by atoms with E-state index in [4.69, 9.17) is 13.9 Å². The number of ether oxygens (including phenoxy) is 2. The van der Waals surface area contributed by atoms with Gasteiger partial charge in [-0.15, -0.1) is 0 Å². The van der Waals surface area contributed by atoms with Crippen molar-refractivity contribution in [3.63, 3.8) is 0 Å². The van der Waals surface area contributed by atoms with Crippen LogP contribution in [0.25, 0.3) is 11.3 Å². The van der Waals surface area contributed by atoms with Crippen molar-refractivity contribution in [3.05, 3.63) is 60.6 Å². The summed E-state index contributed by atoms with van der Waals surface area (Å²) in [7, 11) is -0.743. The van der Waals surface area contributed by atoms with Crippen LogP contribution in [0.2, 0.25) is 0 Å². The second-order valence-corrected chi connectivity index (χ2v) is 9.09. The number of hydrogen-bond acceptors (Lipinski definition) is 7. The van der Waals surface area contributed by atoms with E-state index < -0.39 is 10.0 Å². The normalized spacial score (nSPS) is 15.7. The summed E-state index contributed by atoms with van der Waals surface area (Å²) in [5, 5.41) is 0. The number of hydrogen-bond donors (Lipinski definition) is 0. The van der Waals surface area contributed by atoms with Crippen molar-refractivity contribution in [2.75, 3.05) is 40.4 Å². The summed E-state index contributed by atoms with van der Waals surface area (Å²) in [5.74, 6) is 2.11. The molecule has 164 valence electrons. The maximum atomic E-state index is 13.2. The Morgan fingerprint density at radius 3 is 2.42 bits per heavy atom. The minimum Gasteiger partial charge on any atom is -0.497 e. The van der Waals surface area contributed by atoms with Gasteiger partial charge in [0, 0.05) is 37.8 Å². The van der Waals surface area contributed by atoms with E-state index >= 15 is 0 Å². The van der Waals surface area contributed by atoms with Crippen molar-refractivity contribution in [2.24, 2.45) is 0 Å². The molecule has 0 N–H and O–H groups in total. The molecule has 31 heavy (non-hydrogen) atoms. The van der Waals surface area contributed by atoms with Gasteiger partial charge in [0.2, 0.25) is 15.9 Å². The number of rotatable bonds is 7. The van der Waals surface area contributed by atoms with E-state index in [0.717, 1.165) is 11.3 Å². The summed E-state index contributed by atoms with van der Waals surface area (Å²) in [5.41, 5.74) is 0.976. The molecule has 0 saturated carbocycles. The SMILES string of the molecule is COc1ccc(OC)c(S(=O)(=O)N2CCN(Cc3ncc(-c4ccccc4)o3)CC2)c1. The average molecular weight is 444 g/mol. The Morgan fingerprint density at radius 2 is 1.74 bits per heavy atom. The third-order valence-corrected chi connectivity index (χ3v) is 7.21. The van der Waals surface area contributed by atoms with Gasteiger partial charge < -0.3 is 13.9 Å². The van der Waals surface area contributed by atoms with Crippen LogP contribution in [0, 0.1) is 0 Å². The monoisotopic (exact) mass is 443 g/mol. The van der Waals surface area contributed by atoms with Crippen LogP contribution in [-0.4, -0.2) is 63.0 Å². The Kier molecular flexibility index (Phi) is 6.26. The molecule has 2 heterocycles. The highest BCUT2D eigenvalue weighted by Crippen LogP contribution is 2.31. The lowest BCUT2D eigenvalue weighted by Gasteiger charge is -2.33. The topological polar surface area (TPSA) is 85.1 Å². The lowest BCUT2D eigenvalue weighted by atomic mass is 10.2. The average Bonchev–Trinajstić information content (AvgIpc) is 3.28. The Balaban J connectivity index is 1.41. The summed E-state index contributed by atoms with van der Waals surface area (Å²) in [6.45, 7) is 2.43. The molecule has 9 heteroatoms. The first-order valence-electron chi connectivity index (χ1n) is 9.96. The Morgan fingerprint density at radius 1 is 1.00 bits per heavy atom. The summed E-state index contributed by atoms with van der Waals surface area (Å²) >= 11 is 0. The first-order chi connectivity index (χ1) is 15.0. The number of methoxy groups -OCH3 is 2. The number of nitrogens with zero attached hydrogens (tertiary/aromatic N) is 3. The molecule has 8 nitrogen and oxygen atoms in total. The van der Waals surface area contributed by atoms with Crippen molar-refractivity contribution < 1.29 is 22.3 Å². The van der Waals surface area contributed by atoms with E-state index in [-0.39, 0.29) is 4.90 Å². The molecule has 1 saturated heterocycles. The Labute approximate surface area is 182 Å². The largest absolute Gasteiger partial charge is 0.497 e. The summed E-state index contributed by atoms with van der Waals surface area (Å²) in [6.07, 6.45) is 1.72. The molecule has 0 radical (unpaired) electrons. The molecule has 4 rings (SSSR count). The molecule has 0 unspecified atom stereocenters. The molecule has 0 spiro atoms. The lowest BCUT2D eigenvalue weighted by molar-refractivity contribution is 0.168. The molecule has 1 aliphatic rings. The smallest absolute Gasteiger partial charge is 0.246 e. The van der Waals surface area contributed by atoms with Crippen LogP contribution in [0.1, 0.15) is 5.89 Å². The van der Waals surface area contributed by atoms with E-state index in [9.17, 15) is 8.42 Å². The maximum absolute atomic E-state index is 13.2. The predicted molar refractivity (Wildman–Crippen MR) is 116 cm³/mol. The number of aromatic nitrogens is 1. The molecule has 1 fully saturated rings. The second kappa shape index (κ2) is 9.09. The highest BCUT2D eigenvalue weighted by atomic mass is 32.2. The molecule has 3 aromatic rings. The molecule has 0 atom stereocenters. The van der Waals surface area contributed by atoms with E-state index in [0.29, 0.717) is 50.1 Å². The Bertz CT molecular complexity index is 1120. The number of benzene rings is 2. The van der Waals surface area contributed by atoms with Crippen molar-refractivity contribution >= 4 is 10.0 Å². The van der Waals surface area contributed by atoms with Crippen LogP contribution >= 0.6 is 0 Å². The fourth-order valence-electron chi connectivity index (χ4n) is 3.56. The molecule has 0 aliphatic carbocycles. The van der Waals surface area contributed by atoms with Crippen molar-refractivity contribution in [2.45, 2.75) is 11.4 Å². The van der Waals surface area contributed by atoms with Gasteiger partial charge in [0.1, 0.15) is 16.4 Å². The highest BCUT2D eigenvalue weighted by molar-refractivity contribution is 7.89. The van der Waals surface area contributed by atoms with Gasteiger partial charge >= 0.3 is 0 Å². The van der Waals surface area contributed by atoms with E-state index in [2.05, 4.69) is 9.88 Å². The first-order valence-corrected chi connectivity index (χ1v) is 11.4. The third-order valence-electron chi connectivity index (χ3n) is 5.29. The molecular weight excluding hydrogens is 418 g/mol. The first kappa shape index (κ1) is 21.4. The number of piperazine rings is 1. The van der Waals surface area contributed by atoms with Gasteiger partial charge in [0.25, 0.3) is 0 Å². The lowest BCUT2D eigenvalue weighted by Crippen LogP contribution is -2.48. The van der Waals surface area contributed by atoms with Gasteiger partial charge in [-0.3, -0.25) is 4.90 Å². The van der Waals surface area contributed by atoms with Crippen molar-refractivity contribution in [1.82, 2.24) is 14.2 Å². The molecule has 0 bridgehead atoms. The number of oxazole rings is 1. The van der Waals surface area contributed by atoms with Crippen LogP contribution in [0.3, 0.4) is 0 Å². The van der Waals surface area contributed by atoms with E-state index in [1.165, 1.54) is 24.6 Å². The van der Waals surface area contributed by atoms with Crippen molar-refractivity contribution in [3.8, 4) is 22.8 Å². The van der Waals surface area contributed by atoms with E-state index in [1.807, 2.05) is 30.3 Å². The van der Waals surface area contributed by atoms with Crippen LogP contribution in [0.15, 0.2) is 64.0 Å². The molecule has 1 aliphatic heterocycles. The fourth-order valence-corrected chi connectivity index (χ4v) is 5.16. The van der Waals surface area contributed by atoms with Crippen LogP contribution < -0.4 is 9.47 Å². The van der Waals surface area contributed by atoms with Crippen LogP contribution in [-0.2, 0) is 16.6 Å². The second-order valence-electron chi connectivity index (χ2n) is 7.18. The minimum absolute atomic E-state index is 0.114. The highest BCUT2D eigenvalue weighted by Gasteiger charge is 2.31. The minimum atomic E-state index is -3.70. The van der Waals surface area contributed by atoms with Gasteiger partial charge in [-0.2, -0.15) is 4.31 Å². The van der Waals surface area contributed by atoms with Crippen LogP contribution in [0.4, 0.5) is 0 Å². The zero-order valence-electron chi connectivity index (χ0n) is 17.5. The maximum Gasteiger partial charge on any atom is 0.246 e. The van der Waals surface area contributed by atoms with E-state index in [1.54, 1.807) is 18.3 Å². The standard InChI is InChI=1S/C22H25N3O5S/c1-28-18-8-9-19(29-2)21(14-18)31(26,27)25-12-10-24(11-13-25)16-22-23-15-20(30-22)17-6-4-3-5-7-17/h3-9,14-15H,10-13,16H2,1-2H3. The molecule has 1 aromatic heterocycles. The third kappa shape index (κ3) is 4.58. The van der Waals surface area contributed by atoms with Crippen LogP contribution in [0.5, 0.6) is 11.5 Å². The Hall–Kier alpha value is -2.88. The molecule has 2 aromatic carbocycles. The fraction of sp³-hybridized carbons (Fsp3) is 0.318. The quantitative estimate of drug-likeness (QED) is 0.555. The van der Waals surface area contributed by atoms with Gasteiger partial charge in [-0.05, 0) is 12.1 Å². The zero-order valence-corrected chi connectivity index (χ0v) is 18.3. The van der Waals surface area contributed by atoms with Gasteiger partial charge in [0.15, 0.2) is 5.76 Å². The number of sulfonamides is 1. The van der Waals surface area contributed by atoms with Gasteiger partial charge in [-0.25, -0.2) is 13.4 Å². The molecular formula is C22H25N3O5S. The zero-order chi connectivity index (χ0) is 21.8. The van der Waals surface area contributed by atoms with Crippen molar-refractivity contribution in [1.29, 1.82) is 0 Å². The summed E-state index contributed by atoms with van der Waals surface area (Å²) < 4.78 is 44.2.